The molecular formula is C15H22BNO3. The summed E-state index contributed by atoms with van der Waals surface area (Å²) in [6.45, 7) is 9.76. The van der Waals surface area contributed by atoms with Crippen molar-refractivity contribution in [2.24, 2.45) is 0 Å². The van der Waals surface area contributed by atoms with E-state index in [0.717, 1.165) is 24.4 Å². The summed E-state index contributed by atoms with van der Waals surface area (Å²) >= 11 is 0. The Morgan fingerprint density at radius 2 is 1.65 bits per heavy atom. The van der Waals surface area contributed by atoms with Crippen molar-refractivity contribution in [2.45, 2.75) is 44.8 Å². The zero-order valence-corrected chi connectivity index (χ0v) is 12.6. The van der Waals surface area contributed by atoms with Crippen LogP contribution in [0.1, 0.15) is 39.2 Å². The topological polar surface area (TPSA) is 53.7 Å². The van der Waals surface area contributed by atoms with Gasteiger partial charge in [0.2, 0.25) is 0 Å². The molecule has 20 heavy (non-hydrogen) atoms. The number of rotatable bonds is 2. The van der Waals surface area contributed by atoms with Gasteiger partial charge in [0.05, 0.1) is 24.4 Å². The maximum atomic E-state index is 6.08. The number of nitrogen functional groups attached to an aromatic ring is 1. The fourth-order valence-electron chi connectivity index (χ4n) is 2.48. The monoisotopic (exact) mass is 275 g/mol. The number of hydrogen-bond acceptors (Lipinski definition) is 4. The summed E-state index contributed by atoms with van der Waals surface area (Å²) in [5.41, 5.74) is 8.31. The molecule has 0 radical (unpaired) electrons. The quantitative estimate of drug-likeness (QED) is 0.659. The van der Waals surface area contributed by atoms with E-state index in [1.54, 1.807) is 0 Å². The van der Waals surface area contributed by atoms with Crippen LogP contribution in [-0.2, 0) is 14.0 Å². The molecule has 5 heteroatoms. The van der Waals surface area contributed by atoms with Gasteiger partial charge in [-0.25, -0.2) is 0 Å². The average molecular weight is 275 g/mol. The highest BCUT2D eigenvalue weighted by molar-refractivity contribution is 6.62. The van der Waals surface area contributed by atoms with E-state index in [1.807, 2.05) is 12.1 Å². The van der Waals surface area contributed by atoms with E-state index in [-0.39, 0.29) is 18.3 Å². The van der Waals surface area contributed by atoms with Crippen LogP contribution in [0, 0.1) is 0 Å². The van der Waals surface area contributed by atoms with Crippen LogP contribution in [0.2, 0.25) is 0 Å². The molecule has 2 fully saturated rings. The first-order chi connectivity index (χ1) is 9.28. The Morgan fingerprint density at radius 1 is 1.05 bits per heavy atom. The first-order valence-electron chi connectivity index (χ1n) is 7.12. The molecule has 2 N–H and O–H groups in total. The summed E-state index contributed by atoms with van der Waals surface area (Å²) in [6.07, 6.45) is 0. The van der Waals surface area contributed by atoms with Crippen molar-refractivity contribution in [1.82, 2.24) is 0 Å². The van der Waals surface area contributed by atoms with Gasteiger partial charge in [0.15, 0.2) is 0 Å². The van der Waals surface area contributed by atoms with E-state index in [9.17, 15) is 0 Å². The van der Waals surface area contributed by atoms with E-state index in [1.165, 1.54) is 5.56 Å². The maximum absolute atomic E-state index is 6.08. The summed E-state index contributed by atoms with van der Waals surface area (Å²) in [5, 5.41) is 0. The molecular weight excluding hydrogens is 253 g/mol. The fourth-order valence-corrected chi connectivity index (χ4v) is 2.48. The highest BCUT2D eigenvalue weighted by Gasteiger charge is 2.51. The molecule has 2 aliphatic heterocycles. The summed E-state index contributed by atoms with van der Waals surface area (Å²) < 4.78 is 17.4. The summed E-state index contributed by atoms with van der Waals surface area (Å²) in [6, 6.07) is 6.08. The third kappa shape index (κ3) is 2.24. The summed E-state index contributed by atoms with van der Waals surface area (Å²) in [7, 11) is -0.358. The van der Waals surface area contributed by atoms with Gasteiger partial charge in [-0.05, 0) is 50.9 Å². The van der Waals surface area contributed by atoms with Crippen molar-refractivity contribution in [2.75, 3.05) is 18.9 Å². The maximum Gasteiger partial charge on any atom is 0.494 e. The molecule has 2 aliphatic rings. The first kappa shape index (κ1) is 13.9. The van der Waals surface area contributed by atoms with Crippen LogP contribution >= 0.6 is 0 Å². The van der Waals surface area contributed by atoms with Crippen LogP contribution in [0.3, 0.4) is 0 Å². The number of ether oxygens (including phenoxy) is 1. The minimum atomic E-state index is -0.358. The minimum Gasteiger partial charge on any atom is -0.399 e. The summed E-state index contributed by atoms with van der Waals surface area (Å²) in [4.78, 5) is 0. The highest BCUT2D eigenvalue weighted by atomic mass is 16.7. The van der Waals surface area contributed by atoms with Gasteiger partial charge < -0.3 is 19.8 Å². The molecule has 0 spiro atoms. The largest absolute Gasteiger partial charge is 0.494 e. The zero-order valence-electron chi connectivity index (χ0n) is 12.6. The van der Waals surface area contributed by atoms with Crippen molar-refractivity contribution in [1.29, 1.82) is 0 Å². The van der Waals surface area contributed by atoms with Crippen LogP contribution in [-0.4, -0.2) is 31.5 Å². The third-order valence-electron chi connectivity index (χ3n) is 4.63. The third-order valence-corrected chi connectivity index (χ3v) is 4.63. The lowest BCUT2D eigenvalue weighted by Crippen LogP contribution is -2.41. The molecule has 0 saturated carbocycles. The molecule has 0 aliphatic carbocycles. The van der Waals surface area contributed by atoms with Gasteiger partial charge in [-0.3, -0.25) is 0 Å². The van der Waals surface area contributed by atoms with Gasteiger partial charge in [0, 0.05) is 11.6 Å². The van der Waals surface area contributed by atoms with E-state index >= 15 is 0 Å². The second-order valence-corrected chi connectivity index (χ2v) is 6.76. The molecule has 3 rings (SSSR count). The van der Waals surface area contributed by atoms with E-state index in [2.05, 4.69) is 33.8 Å². The second kappa shape index (κ2) is 4.48. The average Bonchev–Trinajstić information content (AvgIpc) is 2.45. The minimum absolute atomic E-state index is 0.331. The molecule has 4 nitrogen and oxygen atoms in total. The van der Waals surface area contributed by atoms with Gasteiger partial charge in [-0.2, -0.15) is 0 Å². The van der Waals surface area contributed by atoms with Crippen LogP contribution in [0.15, 0.2) is 18.2 Å². The lowest BCUT2D eigenvalue weighted by atomic mass is 9.77. The van der Waals surface area contributed by atoms with Gasteiger partial charge in [0.1, 0.15) is 0 Å². The van der Waals surface area contributed by atoms with Crippen LogP contribution in [0.5, 0.6) is 0 Å². The lowest BCUT2D eigenvalue weighted by molar-refractivity contribution is 0.00578. The molecule has 0 bridgehead atoms. The molecule has 108 valence electrons. The highest BCUT2D eigenvalue weighted by Crippen LogP contribution is 2.37. The summed E-state index contributed by atoms with van der Waals surface area (Å²) in [5.74, 6) is 0.444. The van der Waals surface area contributed by atoms with Gasteiger partial charge in [-0.15, -0.1) is 0 Å². The van der Waals surface area contributed by atoms with E-state index in [4.69, 9.17) is 19.8 Å². The second-order valence-electron chi connectivity index (χ2n) is 6.76. The Kier molecular flexibility index (Phi) is 3.12. The molecule has 0 unspecified atom stereocenters. The van der Waals surface area contributed by atoms with Crippen molar-refractivity contribution < 1.29 is 14.0 Å². The predicted octanol–water partition coefficient (Wildman–Crippen LogP) is 1.68. The smallest absolute Gasteiger partial charge is 0.399 e. The van der Waals surface area contributed by atoms with Crippen molar-refractivity contribution in [3.63, 3.8) is 0 Å². The van der Waals surface area contributed by atoms with Crippen molar-refractivity contribution >= 4 is 18.3 Å². The number of hydrogen-bond donors (Lipinski definition) is 1. The molecule has 0 aromatic heterocycles. The van der Waals surface area contributed by atoms with E-state index < -0.39 is 0 Å². The Morgan fingerprint density at radius 3 is 2.15 bits per heavy atom. The number of anilines is 1. The predicted molar refractivity (Wildman–Crippen MR) is 80.1 cm³/mol. The SMILES string of the molecule is CC1(C)OB(c2cc(N)cc(C3COC3)c2)OC1(C)C. The molecule has 2 heterocycles. The van der Waals surface area contributed by atoms with Gasteiger partial charge in [0.25, 0.3) is 0 Å². The van der Waals surface area contributed by atoms with Crippen molar-refractivity contribution in [3.8, 4) is 0 Å². The Bertz CT molecular complexity index is 510. The molecule has 0 atom stereocenters. The zero-order chi connectivity index (χ0) is 14.5. The van der Waals surface area contributed by atoms with Gasteiger partial charge >= 0.3 is 7.12 Å². The number of benzene rings is 1. The Balaban J connectivity index is 1.89. The lowest BCUT2D eigenvalue weighted by Gasteiger charge is -2.32. The normalized spacial score (nSPS) is 24.7. The standard InChI is InChI=1S/C15H22BNO3/c1-14(2)15(3,4)20-16(19-14)12-5-10(6-13(17)7-12)11-8-18-9-11/h5-7,11H,8-9,17H2,1-4H3. The molecule has 2 saturated heterocycles. The van der Waals surface area contributed by atoms with Crippen LogP contribution in [0.4, 0.5) is 5.69 Å². The fraction of sp³-hybridized carbons (Fsp3) is 0.600. The Hall–Kier alpha value is -1.04. The van der Waals surface area contributed by atoms with Crippen molar-refractivity contribution in [3.05, 3.63) is 23.8 Å². The molecule has 1 aromatic rings. The number of nitrogens with two attached hydrogens (primary N) is 1. The van der Waals surface area contributed by atoms with E-state index in [0.29, 0.717) is 5.92 Å². The van der Waals surface area contributed by atoms with Crippen LogP contribution in [0.25, 0.3) is 0 Å². The molecule has 0 amide bonds. The molecule has 1 aromatic carbocycles. The first-order valence-corrected chi connectivity index (χ1v) is 7.12. The van der Waals surface area contributed by atoms with Gasteiger partial charge in [-0.1, -0.05) is 6.07 Å². The van der Waals surface area contributed by atoms with Crippen LogP contribution < -0.4 is 11.2 Å². The Labute approximate surface area is 120 Å².